The standard InChI is InChI=1S/C52H63N2O2P/c55-49(51-26-32-19-33(27-51)21-34(20-32)28-51)53-44-16-15-38-9-1-3-11-40(38)46(44)47-41-12-4-2-10-39(41)25-43(42-13-5-6-14-45(42)57-17-7-8-18-57)48(47)54-50(56)52-29-35-22-36(30-52)24-37(23-35)31-52/h5-6,13-16,25,32-37H,1-4,7-12,17-24,26-31H2,(H,53,55)(H,54,56). The van der Waals surface area contributed by atoms with Gasteiger partial charge < -0.3 is 10.6 Å². The van der Waals surface area contributed by atoms with Crippen molar-refractivity contribution in [3.05, 3.63) is 64.7 Å². The molecular weight excluding hydrogens is 716 g/mol. The largest absolute Gasteiger partial charge is 0.325 e. The molecular formula is C52H63N2O2P. The van der Waals surface area contributed by atoms with E-state index in [1.807, 2.05) is 0 Å². The van der Waals surface area contributed by atoms with Gasteiger partial charge in [0.1, 0.15) is 0 Å². The summed E-state index contributed by atoms with van der Waals surface area (Å²) in [6.45, 7) is 0. The molecule has 0 radical (unpaired) electrons. The van der Waals surface area contributed by atoms with Crippen LogP contribution in [0.25, 0.3) is 22.3 Å². The first kappa shape index (κ1) is 35.9. The third-order valence-electron chi connectivity index (χ3n) is 17.6. The summed E-state index contributed by atoms with van der Waals surface area (Å²) in [6, 6.07) is 16.5. The van der Waals surface area contributed by atoms with E-state index in [1.54, 1.807) is 0 Å². The summed E-state index contributed by atoms with van der Waals surface area (Å²) in [6.07, 6.45) is 28.7. The van der Waals surface area contributed by atoms with Crippen molar-refractivity contribution in [2.24, 2.45) is 46.3 Å². The molecule has 11 aliphatic rings. The van der Waals surface area contributed by atoms with Crippen molar-refractivity contribution in [2.45, 2.75) is 141 Å². The van der Waals surface area contributed by atoms with Crippen LogP contribution in [0.15, 0.2) is 42.5 Å². The normalized spacial score (nSPS) is 34.6. The quantitative estimate of drug-likeness (QED) is 0.235. The molecule has 0 atom stereocenters. The monoisotopic (exact) mass is 778 g/mol. The topological polar surface area (TPSA) is 58.2 Å². The molecule has 0 aromatic heterocycles. The Labute approximate surface area is 342 Å². The van der Waals surface area contributed by atoms with E-state index in [9.17, 15) is 0 Å². The van der Waals surface area contributed by atoms with Crippen LogP contribution >= 0.6 is 7.92 Å². The highest BCUT2D eigenvalue weighted by atomic mass is 31.1. The van der Waals surface area contributed by atoms with Crippen LogP contribution in [0.1, 0.15) is 138 Å². The van der Waals surface area contributed by atoms with Crippen molar-refractivity contribution >= 4 is 36.4 Å². The van der Waals surface area contributed by atoms with Crippen molar-refractivity contribution < 1.29 is 9.59 Å². The molecule has 1 heterocycles. The lowest BCUT2D eigenvalue weighted by atomic mass is 9.49. The fourth-order valence-electron chi connectivity index (χ4n) is 16.0. The van der Waals surface area contributed by atoms with Crippen LogP contribution in [0.4, 0.5) is 11.4 Å². The highest BCUT2D eigenvalue weighted by Gasteiger charge is 2.56. The number of hydrogen-bond acceptors (Lipinski definition) is 2. The van der Waals surface area contributed by atoms with Gasteiger partial charge >= 0.3 is 0 Å². The first-order valence-electron chi connectivity index (χ1n) is 23.7. The van der Waals surface area contributed by atoms with Crippen LogP contribution in [-0.2, 0) is 35.3 Å². The minimum atomic E-state index is -0.250. The SMILES string of the molecule is O=C(Nc1ccc2c(c1-c1c3c(cc(-c4ccccc4P4CCCC4)c1NC(=O)C14CC5CC(CC(C5)C1)C4)CCCC3)CCCC2)C12CC3CC(CC(C3)C1)C2. The molecule has 4 nitrogen and oxygen atoms in total. The zero-order valence-corrected chi connectivity index (χ0v) is 35.1. The third kappa shape index (κ3) is 5.97. The summed E-state index contributed by atoms with van der Waals surface area (Å²) in [7, 11) is -0.224. The Hall–Kier alpha value is -2.97. The maximum atomic E-state index is 15.5. The molecule has 2 amide bonds. The lowest BCUT2D eigenvalue weighted by Gasteiger charge is -2.55. The second-order valence-electron chi connectivity index (χ2n) is 21.4. The number of fused-ring (bicyclic) bond motifs is 2. The van der Waals surface area contributed by atoms with Crippen LogP contribution in [-0.4, -0.2) is 24.1 Å². The Bertz CT molecular complexity index is 2070. The maximum absolute atomic E-state index is 15.5. The van der Waals surface area contributed by atoms with E-state index in [2.05, 4.69) is 53.1 Å². The molecule has 3 aromatic rings. The van der Waals surface area contributed by atoms with Gasteiger partial charge in [-0.15, -0.1) is 0 Å². The van der Waals surface area contributed by atoms with Gasteiger partial charge in [-0.25, -0.2) is 0 Å². The first-order valence-corrected chi connectivity index (χ1v) is 25.4. The van der Waals surface area contributed by atoms with E-state index in [0.29, 0.717) is 23.7 Å². The molecule has 57 heavy (non-hydrogen) atoms. The van der Waals surface area contributed by atoms with Gasteiger partial charge in [-0.05, 0) is 234 Å². The van der Waals surface area contributed by atoms with Crippen molar-refractivity contribution in [1.82, 2.24) is 0 Å². The second-order valence-corrected chi connectivity index (χ2v) is 23.8. The molecule has 0 spiro atoms. The highest BCUT2D eigenvalue weighted by Crippen LogP contribution is 2.62. The van der Waals surface area contributed by atoms with Crippen LogP contribution in [0, 0.1) is 46.3 Å². The Morgan fingerprint density at radius 2 is 1.04 bits per heavy atom. The van der Waals surface area contributed by atoms with Gasteiger partial charge in [0.05, 0.1) is 16.5 Å². The third-order valence-corrected chi connectivity index (χ3v) is 20.4. The van der Waals surface area contributed by atoms with Crippen molar-refractivity contribution in [2.75, 3.05) is 23.0 Å². The van der Waals surface area contributed by atoms with Gasteiger partial charge in [0.2, 0.25) is 11.8 Å². The number of carbonyl (C=O) groups is 2. The van der Waals surface area contributed by atoms with E-state index in [1.165, 1.54) is 139 Å². The van der Waals surface area contributed by atoms with E-state index in [0.717, 1.165) is 93.3 Å². The number of anilines is 2. The smallest absolute Gasteiger partial charge is 0.230 e. The minimum absolute atomic E-state index is 0.221. The lowest BCUT2D eigenvalue weighted by Crippen LogP contribution is -2.52. The average Bonchev–Trinajstić information content (AvgIpc) is 3.75. The van der Waals surface area contributed by atoms with Gasteiger partial charge in [-0.2, -0.15) is 0 Å². The number of nitrogens with one attached hydrogen (secondary N) is 2. The minimum Gasteiger partial charge on any atom is -0.325 e. The van der Waals surface area contributed by atoms with Gasteiger partial charge in [-0.3, -0.25) is 9.59 Å². The highest BCUT2D eigenvalue weighted by molar-refractivity contribution is 7.66. The van der Waals surface area contributed by atoms with Gasteiger partial charge in [0.25, 0.3) is 0 Å². The molecule has 10 aliphatic carbocycles. The fraction of sp³-hybridized carbons (Fsp3) is 0.615. The van der Waals surface area contributed by atoms with Crippen LogP contribution in [0.3, 0.4) is 0 Å². The van der Waals surface area contributed by atoms with Crippen molar-refractivity contribution in [3.8, 4) is 22.3 Å². The van der Waals surface area contributed by atoms with Crippen molar-refractivity contribution in [3.63, 3.8) is 0 Å². The summed E-state index contributed by atoms with van der Waals surface area (Å²) >= 11 is 0. The Morgan fingerprint density at radius 3 is 1.63 bits per heavy atom. The summed E-state index contributed by atoms with van der Waals surface area (Å²) in [5.74, 6) is 4.89. The maximum Gasteiger partial charge on any atom is 0.230 e. The molecule has 2 N–H and O–H groups in total. The predicted molar refractivity (Wildman–Crippen MR) is 235 cm³/mol. The van der Waals surface area contributed by atoms with E-state index in [-0.39, 0.29) is 24.7 Å². The first-order chi connectivity index (χ1) is 27.9. The van der Waals surface area contributed by atoms with Crippen molar-refractivity contribution in [1.29, 1.82) is 0 Å². The Morgan fingerprint density at radius 1 is 0.526 bits per heavy atom. The number of aryl methyl sites for hydroxylation is 2. The average molecular weight is 779 g/mol. The number of hydrogen-bond donors (Lipinski definition) is 2. The van der Waals surface area contributed by atoms with Crippen LogP contribution < -0.4 is 15.9 Å². The number of carbonyl (C=O) groups excluding carboxylic acids is 2. The van der Waals surface area contributed by atoms with Crippen LogP contribution in [0.5, 0.6) is 0 Å². The Kier molecular flexibility index (Phi) is 8.69. The molecule has 8 saturated carbocycles. The summed E-state index contributed by atoms with van der Waals surface area (Å²) in [5.41, 5.74) is 12.6. The van der Waals surface area contributed by atoms with E-state index < -0.39 is 0 Å². The van der Waals surface area contributed by atoms with Gasteiger partial charge in [0.15, 0.2) is 0 Å². The summed E-state index contributed by atoms with van der Waals surface area (Å²) in [5, 5.41) is 9.26. The molecule has 1 aliphatic heterocycles. The molecule has 9 fully saturated rings. The molecule has 5 heteroatoms. The molecule has 8 bridgehead atoms. The molecule has 14 rings (SSSR count). The van der Waals surface area contributed by atoms with Gasteiger partial charge in [-0.1, -0.05) is 38.3 Å². The zero-order chi connectivity index (χ0) is 37.9. The lowest BCUT2D eigenvalue weighted by molar-refractivity contribution is -0.141. The van der Waals surface area contributed by atoms with Crippen LogP contribution in [0.2, 0.25) is 0 Å². The number of amides is 2. The van der Waals surface area contributed by atoms with E-state index >= 15 is 9.59 Å². The Balaban J connectivity index is 1.06. The molecule has 1 saturated heterocycles. The molecule has 0 unspecified atom stereocenters. The fourth-order valence-corrected chi connectivity index (χ4v) is 18.7. The zero-order valence-electron chi connectivity index (χ0n) is 34.2. The number of rotatable bonds is 7. The summed E-state index contributed by atoms with van der Waals surface area (Å²) in [4.78, 5) is 30.5. The second kappa shape index (κ2) is 13.8. The molecule has 3 aromatic carbocycles. The van der Waals surface area contributed by atoms with Gasteiger partial charge in [0, 0.05) is 22.4 Å². The van der Waals surface area contributed by atoms with E-state index in [4.69, 9.17) is 0 Å². The summed E-state index contributed by atoms with van der Waals surface area (Å²) < 4.78 is 0. The molecule has 298 valence electrons. The predicted octanol–water partition coefficient (Wildman–Crippen LogP) is 12.0. The number of benzene rings is 3.